The minimum Gasteiger partial charge on any atom is -0.345 e. The highest BCUT2D eigenvalue weighted by Crippen LogP contribution is 2.38. The SMILES string of the molecule is CN(C)C(=O)c1ccc(C(c2ccc(Cl)cc2)N2CC(=C(c3cc(F)cc(F)c3)S(C)(=O)=O)C2)cc1. The maximum absolute atomic E-state index is 13.9. The zero-order valence-corrected chi connectivity index (χ0v) is 21.6. The van der Waals surface area contributed by atoms with Crippen molar-refractivity contribution in [3.05, 3.63) is 111 Å². The highest BCUT2D eigenvalue weighted by molar-refractivity contribution is 8.00. The first kappa shape index (κ1) is 26.0. The molecule has 36 heavy (non-hydrogen) atoms. The topological polar surface area (TPSA) is 57.7 Å². The van der Waals surface area contributed by atoms with Crippen LogP contribution in [0.5, 0.6) is 0 Å². The van der Waals surface area contributed by atoms with Crippen molar-refractivity contribution >= 4 is 32.3 Å². The van der Waals surface area contributed by atoms with Gasteiger partial charge in [0.05, 0.1) is 10.9 Å². The number of hydrogen-bond acceptors (Lipinski definition) is 4. The van der Waals surface area contributed by atoms with Crippen molar-refractivity contribution in [3.63, 3.8) is 0 Å². The van der Waals surface area contributed by atoms with Gasteiger partial charge in [0, 0.05) is 50.1 Å². The molecule has 188 valence electrons. The molecule has 1 fully saturated rings. The lowest BCUT2D eigenvalue weighted by Gasteiger charge is -2.42. The van der Waals surface area contributed by atoms with Crippen LogP contribution in [-0.2, 0) is 9.84 Å². The highest BCUT2D eigenvalue weighted by Gasteiger charge is 2.35. The van der Waals surface area contributed by atoms with Crippen LogP contribution in [0.15, 0.2) is 72.3 Å². The van der Waals surface area contributed by atoms with E-state index < -0.39 is 21.5 Å². The Hall–Kier alpha value is -3.07. The Kier molecular flexibility index (Phi) is 7.31. The quantitative estimate of drug-likeness (QED) is 0.440. The molecule has 0 saturated carbocycles. The summed E-state index contributed by atoms with van der Waals surface area (Å²) in [6.45, 7) is 0.568. The van der Waals surface area contributed by atoms with Crippen LogP contribution in [0, 0.1) is 11.6 Å². The fourth-order valence-corrected chi connectivity index (χ4v) is 5.79. The largest absolute Gasteiger partial charge is 0.345 e. The van der Waals surface area contributed by atoms with E-state index >= 15 is 0 Å². The minimum absolute atomic E-state index is 0.000700. The summed E-state index contributed by atoms with van der Waals surface area (Å²) < 4.78 is 53.0. The molecular formula is C27H25ClF2N2O3S. The summed E-state index contributed by atoms with van der Waals surface area (Å²) >= 11 is 6.09. The molecule has 3 aromatic carbocycles. The van der Waals surface area contributed by atoms with E-state index in [-0.39, 0.29) is 35.5 Å². The highest BCUT2D eigenvalue weighted by atomic mass is 35.5. The molecule has 1 aliphatic heterocycles. The van der Waals surface area contributed by atoms with Gasteiger partial charge in [0.1, 0.15) is 11.6 Å². The van der Waals surface area contributed by atoms with E-state index in [4.69, 9.17) is 11.6 Å². The standard InChI is InChI=1S/C27H25ClF2N2O3S/c1-31(2)27(33)19-6-4-17(5-7-19)25(18-8-10-22(28)11-9-18)32-15-21(16-32)26(36(3,34)35)20-12-23(29)14-24(30)13-20/h4-14,25H,15-16H2,1-3H3. The van der Waals surface area contributed by atoms with Crippen LogP contribution in [0.1, 0.15) is 33.1 Å². The molecule has 0 spiro atoms. The van der Waals surface area contributed by atoms with Gasteiger partial charge in [-0.2, -0.15) is 0 Å². The summed E-state index contributed by atoms with van der Waals surface area (Å²) in [6.07, 6.45) is 1.04. The van der Waals surface area contributed by atoms with Gasteiger partial charge in [0.25, 0.3) is 5.91 Å². The number of likely N-dealkylation sites (tertiary alicyclic amines) is 1. The van der Waals surface area contributed by atoms with E-state index in [1.54, 1.807) is 38.4 Å². The molecule has 1 heterocycles. The number of carbonyl (C=O) groups excluding carboxylic acids is 1. The number of halogens is 3. The van der Waals surface area contributed by atoms with Crippen LogP contribution in [-0.4, -0.2) is 57.6 Å². The number of nitrogens with zero attached hydrogens (tertiary/aromatic N) is 2. The molecule has 0 bridgehead atoms. The summed E-state index contributed by atoms with van der Waals surface area (Å²) in [5.41, 5.74) is 2.96. The van der Waals surface area contributed by atoms with Gasteiger partial charge in [-0.3, -0.25) is 9.69 Å². The number of hydrogen-bond donors (Lipinski definition) is 0. The second-order valence-corrected chi connectivity index (χ2v) is 11.4. The van der Waals surface area contributed by atoms with Gasteiger partial charge in [0.15, 0.2) is 9.84 Å². The molecule has 0 aromatic heterocycles. The third-order valence-electron chi connectivity index (χ3n) is 6.03. The first-order valence-corrected chi connectivity index (χ1v) is 13.4. The Balaban J connectivity index is 1.72. The smallest absolute Gasteiger partial charge is 0.253 e. The zero-order chi connectivity index (χ0) is 26.2. The number of amides is 1. The lowest BCUT2D eigenvalue weighted by molar-refractivity contribution is 0.0827. The third-order valence-corrected chi connectivity index (χ3v) is 7.55. The summed E-state index contributed by atoms with van der Waals surface area (Å²) in [5.74, 6) is -1.79. The molecule has 1 aliphatic rings. The van der Waals surface area contributed by atoms with Gasteiger partial charge in [-0.05, 0) is 58.7 Å². The number of carbonyl (C=O) groups is 1. The molecule has 4 rings (SSSR count). The Labute approximate surface area is 214 Å². The van der Waals surface area contributed by atoms with E-state index in [2.05, 4.69) is 4.90 Å². The van der Waals surface area contributed by atoms with Crippen LogP contribution in [0.25, 0.3) is 4.91 Å². The molecule has 1 amide bonds. The number of benzene rings is 3. The molecule has 0 N–H and O–H groups in total. The van der Waals surface area contributed by atoms with Crippen molar-refractivity contribution in [1.82, 2.24) is 9.80 Å². The van der Waals surface area contributed by atoms with Crippen molar-refractivity contribution < 1.29 is 22.0 Å². The van der Waals surface area contributed by atoms with Gasteiger partial charge in [0.2, 0.25) is 0 Å². The predicted octanol–water partition coefficient (Wildman–Crippen LogP) is 5.18. The van der Waals surface area contributed by atoms with Crippen LogP contribution in [0.3, 0.4) is 0 Å². The molecule has 1 saturated heterocycles. The Bertz CT molecular complexity index is 1410. The van der Waals surface area contributed by atoms with E-state index in [1.807, 2.05) is 24.3 Å². The molecule has 1 unspecified atom stereocenters. The fourth-order valence-electron chi connectivity index (χ4n) is 4.46. The van der Waals surface area contributed by atoms with Crippen molar-refractivity contribution in [2.75, 3.05) is 33.4 Å². The summed E-state index contributed by atoms with van der Waals surface area (Å²) in [6, 6.07) is 17.1. The lowest BCUT2D eigenvalue weighted by Crippen LogP contribution is -2.44. The van der Waals surface area contributed by atoms with E-state index in [9.17, 15) is 22.0 Å². The van der Waals surface area contributed by atoms with Crippen LogP contribution in [0.2, 0.25) is 5.02 Å². The van der Waals surface area contributed by atoms with Crippen molar-refractivity contribution in [1.29, 1.82) is 0 Å². The van der Waals surface area contributed by atoms with Crippen LogP contribution < -0.4 is 0 Å². The molecule has 5 nitrogen and oxygen atoms in total. The first-order chi connectivity index (χ1) is 16.9. The maximum Gasteiger partial charge on any atom is 0.253 e. The van der Waals surface area contributed by atoms with Crippen LogP contribution >= 0.6 is 11.6 Å². The average Bonchev–Trinajstić information content (AvgIpc) is 2.77. The second kappa shape index (κ2) is 10.1. The average molecular weight is 531 g/mol. The van der Waals surface area contributed by atoms with E-state index in [0.717, 1.165) is 29.5 Å². The molecule has 9 heteroatoms. The monoisotopic (exact) mass is 530 g/mol. The third kappa shape index (κ3) is 5.51. The summed E-state index contributed by atoms with van der Waals surface area (Å²) in [4.78, 5) is 15.8. The van der Waals surface area contributed by atoms with Gasteiger partial charge in [-0.25, -0.2) is 17.2 Å². The number of sulfone groups is 1. The molecule has 0 aliphatic carbocycles. The molecular weight excluding hydrogens is 506 g/mol. The molecule has 3 aromatic rings. The van der Waals surface area contributed by atoms with Crippen LogP contribution in [0.4, 0.5) is 8.78 Å². The Morgan fingerprint density at radius 3 is 1.86 bits per heavy atom. The Morgan fingerprint density at radius 1 is 0.889 bits per heavy atom. The van der Waals surface area contributed by atoms with Gasteiger partial charge in [-0.15, -0.1) is 0 Å². The van der Waals surface area contributed by atoms with E-state index in [1.165, 1.54) is 4.90 Å². The normalized spacial score (nSPS) is 14.8. The van der Waals surface area contributed by atoms with Gasteiger partial charge >= 0.3 is 0 Å². The predicted molar refractivity (Wildman–Crippen MR) is 137 cm³/mol. The van der Waals surface area contributed by atoms with Gasteiger partial charge < -0.3 is 4.90 Å². The fraction of sp³-hybridized carbons (Fsp3) is 0.222. The van der Waals surface area contributed by atoms with Gasteiger partial charge in [-0.1, -0.05) is 35.9 Å². The lowest BCUT2D eigenvalue weighted by atomic mass is 9.91. The zero-order valence-electron chi connectivity index (χ0n) is 20.0. The summed E-state index contributed by atoms with van der Waals surface area (Å²) in [5, 5.41) is 0.584. The molecule has 0 radical (unpaired) electrons. The Morgan fingerprint density at radius 2 is 1.39 bits per heavy atom. The summed E-state index contributed by atoms with van der Waals surface area (Å²) in [7, 11) is -0.389. The minimum atomic E-state index is -3.76. The number of rotatable bonds is 6. The van der Waals surface area contributed by atoms with Crippen molar-refractivity contribution in [2.45, 2.75) is 6.04 Å². The second-order valence-electron chi connectivity index (χ2n) is 9.04. The van der Waals surface area contributed by atoms with Crippen molar-refractivity contribution in [3.8, 4) is 0 Å². The van der Waals surface area contributed by atoms with Crippen molar-refractivity contribution in [2.24, 2.45) is 0 Å². The van der Waals surface area contributed by atoms with E-state index in [0.29, 0.717) is 22.2 Å². The molecule has 1 atom stereocenters. The maximum atomic E-state index is 13.9. The first-order valence-electron chi connectivity index (χ1n) is 11.1.